The summed E-state index contributed by atoms with van der Waals surface area (Å²) in [6.45, 7) is 1.60. The molecule has 2 N–H and O–H groups in total. The number of aryl methyl sites for hydroxylation is 1. The first kappa shape index (κ1) is 11.3. The molecule has 0 aliphatic heterocycles. The number of halogens is 1. The van der Waals surface area contributed by atoms with Crippen LogP contribution in [0.4, 0.5) is 10.1 Å². The summed E-state index contributed by atoms with van der Waals surface area (Å²) in [5, 5.41) is 0. The topological polar surface area (TPSA) is 61.5 Å². The van der Waals surface area contributed by atoms with E-state index in [1.165, 1.54) is 20.3 Å². The summed E-state index contributed by atoms with van der Waals surface area (Å²) in [6.07, 6.45) is 0. The van der Waals surface area contributed by atoms with Gasteiger partial charge in [0.15, 0.2) is 11.6 Å². The van der Waals surface area contributed by atoms with Crippen LogP contribution >= 0.6 is 0 Å². The molecule has 0 fully saturated rings. The lowest BCUT2D eigenvalue weighted by atomic mass is 10.1. The van der Waals surface area contributed by atoms with E-state index >= 15 is 0 Å². The minimum Gasteiger partial charge on any atom is -0.493 e. The van der Waals surface area contributed by atoms with E-state index < -0.39 is 11.8 Å². The first-order valence-corrected chi connectivity index (χ1v) is 4.23. The van der Waals surface area contributed by atoms with Crippen molar-refractivity contribution in [3.63, 3.8) is 0 Å². The molecule has 82 valence electrons. The van der Waals surface area contributed by atoms with E-state index in [1.54, 1.807) is 6.92 Å². The predicted molar refractivity (Wildman–Crippen MR) is 53.4 cm³/mol. The Morgan fingerprint density at radius 2 is 2.07 bits per heavy atom. The first-order chi connectivity index (χ1) is 7.02. The number of anilines is 1. The molecule has 15 heavy (non-hydrogen) atoms. The van der Waals surface area contributed by atoms with Gasteiger partial charge in [-0.2, -0.15) is 0 Å². The van der Waals surface area contributed by atoms with Gasteiger partial charge < -0.3 is 15.2 Å². The number of hydrogen-bond acceptors (Lipinski definition) is 4. The summed E-state index contributed by atoms with van der Waals surface area (Å²) in [4.78, 5) is 11.4. The van der Waals surface area contributed by atoms with Gasteiger partial charge >= 0.3 is 5.97 Å². The molecule has 0 aromatic heterocycles. The number of hydrogen-bond donors (Lipinski definition) is 1. The van der Waals surface area contributed by atoms with E-state index in [-0.39, 0.29) is 17.0 Å². The van der Waals surface area contributed by atoms with E-state index in [1.807, 2.05) is 0 Å². The van der Waals surface area contributed by atoms with Crippen molar-refractivity contribution in [2.24, 2.45) is 0 Å². The molecule has 0 heterocycles. The van der Waals surface area contributed by atoms with Gasteiger partial charge in [-0.05, 0) is 18.6 Å². The largest absolute Gasteiger partial charge is 0.493 e. The van der Waals surface area contributed by atoms with Gasteiger partial charge in [-0.1, -0.05) is 0 Å². The second kappa shape index (κ2) is 4.16. The van der Waals surface area contributed by atoms with Crippen molar-refractivity contribution in [2.75, 3.05) is 20.0 Å². The predicted octanol–water partition coefficient (Wildman–Crippen LogP) is 1.51. The highest BCUT2D eigenvalue weighted by atomic mass is 19.1. The Morgan fingerprint density at radius 3 is 2.53 bits per heavy atom. The van der Waals surface area contributed by atoms with Gasteiger partial charge in [0.1, 0.15) is 5.56 Å². The highest BCUT2D eigenvalue weighted by Crippen LogP contribution is 2.31. The number of carbonyl (C=O) groups excluding carboxylic acids is 1. The zero-order chi connectivity index (χ0) is 11.6. The highest BCUT2D eigenvalue weighted by Gasteiger charge is 2.22. The third-order valence-electron chi connectivity index (χ3n) is 2.08. The monoisotopic (exact) mass is 213 g/mol. The number of nitrogen functional groups attached to an aromatic ring is 1. The zero-order valence-corrected chi connectivity index (χ0v) is 8.76. The highest BCUT2D eigenvalue weighted by molar-refractivity contribution is 5.98. The minimum absolute atomic E-state index is 0.0718. The number of benzene rings is 1. The third-order valence-corrected chi connectivity index (χ3v) is 2.08. The van der Waals surface area contributed by atoms with Crippen molar-refractivity contribution < 1.29 is 18.7 Å². The third kappa shape index (κ3) is 1.86. The van der Waals surface area contributed by atoms with Gasteiger partial charge in [0.25, 0.3) is 0 Å². The number of nitrogens with two attached hydrogens (primary N) is 1. The minimum atomic E-state index is -0.716. The van der Waals surface area contributed by atoms with E-state index in [2.05, 4.69) is 4.74 Å². The lowest BCUT2D eigenvalue weighted by Gasteiger charge is -2.12. The maximum Gasteiger partial charge on any atom is 0.343 e. The van der Waals surface area contributed by atoms with Crippen molar-refractivity contribution >= 4 is 11.7 Å². The molecule has 0 radical (unpaired) electrons. The normalized spacial score (nSPS) is 9.87. The van der Waals surface area contributed by atoms with Crippen molar-refractivity contribution in [2.45, 2.75) is 6.92 Å². The Kier molecular flexibility index (Phi) is 3.14. The van der Waals surface area contributed by atoms with Crippen LogP contribution in [0.15, 0.2) is 6.07 Å². The number of ether oxygens (including phenoxy) is 2. The van der Waals surface area contributed by atoms with Crippen molar-refractivity contribution in [3.05, 3.63) is 23.0 Å². The number of rotatable bonds is 2. The molecule has 0 spiro atoms. The van der Waals surface area contributed by atoms with Crippen LogP contribution in [0.25, 0.3) is 0 Å². The average Bonchev–Trinajstić information content (AvgIpc) is 2.21. The Bertz CT molecular complexity index is 404. The van der Waals surface area contributed by atoms with Crippen molar-refractivity contribution in [1.29, 1.82) is 0 Å². The summed E-state index contributed by atoms with van der Waals surface area (Å²) in [7, 11) is 2.46. The Labute approximate surface area is 86.8 Å². The van der Waals surface area contributed by atoms with Crippen LogP contribution in [0, 0.1) is 12.7 Å². The van der Waals surface area contributed by atoms with Gasteiger partial charge in [0.2, 0.25) is 0 Å². The molecule has 1 rings (SSSR count). The quantitative estimate of drug-likeness (QED) is 0.597. The van der Waals surface area contributed by atoms with E-state index in [0.717, 1.165) is 0 Å². The fraction of sp³-hybridized carbons (Fsp3) is 0.300. The second-order valence-electron chi connectivity index (χ2n) is 2.99. The first-order valence-electron chi connectivity index (χ1n) is 4.23. The fourth-order valence-corrected chi connectivity index (χ4v) is 1.28. The number of carbonyl (C=O) groups is 1. The summed E-state index contributed by atoms with van der Waals surface area (Å²) < 4.78 is 22.7. The molecule has 1 aromatic rings. The molecule has 5 heteroatoms. The maximum absolute atomic E-state index is 13.4. The molecule has 0 aliphatic carbocycles. The maximum atomic E-state index is 13.4. The van der Waals surface area contributed by atoms with Crippen LogP contribution in [0.5, 0.6) is 5.75 Å². The molecule has 0 bridgehead atoms. The van der Waals surface area contributed by atoms with Crippen molar-refractivity contribution in [1.82, 2.24) is 0 Å². The van der Waals surface area contributed by atoms with Crippen LogP contribution in [0.2, 0.25) is 0 Å². The van der Waals surface area contributed by atoms with Crippen molar-refractivity contribution in [3.8, 4) is 5.75 Å². The van der Waals surface area contributed by atoms with E-state index in [0.29, 0.717) is 5.56 Å². The summed E-state index contributed by atoms with van der Waals surface area (Å²) in [5.74, 6) is -1.54. The van der Waals surface area contributed by atoms with Crippen LogP contribution in [-0.2, 0) is 4.74 Å². The van der Waals surface area contributed by atoms with E-state index in [4.69, 9.17) is 10.5 Å². The van der Waals surface area contributed by atoms with Crippen LogP contribution in [0.1, 0.15) is 15.9 Å². The Morgan fingerprint density at radius 1 is 1.47 bits per heavy atom. The number of esters is 1. The molecule has 0 amide bonds. The fourth-order valence-electron chi connectivity index (χ4n) is 1.28. The molecule has 0 unspecified atom stereocenters. The lowest BCUT2D eigenvalue weighted by molar-refractivity contribution is 0.0597. The summed E-state index contributed by atoms with van der Waals surface area (Å²) in [5.41, 5.74) is 6.22. The summed E-state index contributed by atoms with van der Waals surface area (Å²) >= 11 is 0. The Hall–Kier alpha value is -1.78. The standard InChI is InChI=1S/C10H12FNO3/c1-5-4-6(11)9(14-2)7(8(5)12)10(13)15-3/h4H,12H2,1-3H3. The number of methoxy groups -OCH3 is 2. The van der Waals surface area contributed by atoms with Gasteiger partial charge in [-0.25, -0.2) is 9.18 Å². The SMILES string of the molecule is COC(=O)c1c(N)c(C)cc(F)c1OC. The molecular weight excluding hydrogens is 201 g/mol. The molecule has 0 saturated heterocycles. The average molecular weight is 213 g/mol. The molecule has 0 saturated carbocycles. The van der Waals surface area contributed by atoms with Gasteiger partial charge in [-0.15, -0.1) is 0 Å². The van der Waals surface area contributed by atoms with Gasteiger partial charge in [0.05, 0.1) is 19.9 Å². The van der Waals surface area contributed by atoms with Gasteiger partial charge in [-0.3, -0.25) is 0 Å². The molecule has 0 atom stereocenters. The molecule has 4 nitrogen and oxygen atoms in total. The van der Waals surface area contributed by atoms with E-state index in [9.17, 15) is 9.18 Å². The van der Waals surface area contributed by atoms with Crippen LogP contribution in [0.3, 0.4) is 0 Å². The smallest absolute Gasteiger partial charge is 0.343 e. The molecular formula is C10H12FNO3. The van der Waals surface area contributed by atoms with Crippen LogP contribution in [-0.4, -0.2) is 20.2 Å². The zero-order valence-electron chi connectivity index (χ0n) is 8.76. The van der Waals surface area contributed by atoms with Gasteiger partial charge in [0, 0.05) is 0 Å². The summed E-state index contributed by atoms with van der Waals surface area (Å²) in [6, 6.07) is 1.21. The Balaban J connectivity index is 3.50. The molecule has 0 aliphatic rings. The lowest BCUT2D eigenvalue weighted by Crippen LogP contribution is -2.10. The molecule has 1 aromatic carbocycles. The second-order valence-corrected chi connectivity index (χ2v) is 2.99. The van der Waals surface area contributed by atoms with Crippen LogP contribution < -0.4 is 10.5 Å².